The van der Waals surface area contributed by atoms with Crippen LogP contribution in [0.25, 0.3) is 10.8 Å². The van der Waals surface area contributed by atoms with E-state index in [1.165, 1.54) is 25.2 Å². The summed E-state index contributed by atoms with van der Waals surface area (Å²) in [6, 6.07) is 12.5. The van der Waals surface area contributed by atoms with Gasteiger partial charge in [0.2, 0.25) is 0 Å². The number of para-hydroxylation sites is 1. The van der Waals surface area contributed by atoms with E-state index < -0.39 is 12.6 Å². The van der Waals surface area contributed by atoms with Crippen molar-refractivity contribution in [3.8, 4) is 5.75 Å². The lowest BCUT2D eigenvalue weighted by atomic mass is 10.1. The highest BCUT2D eigenvalue weighted by molar-refractivity contribution is 6.02. The molecule has 3 rings (SSSR count). The Labute approximate surface area is 146 Å². The monoisotopic (exact) mass is 360 g/mol. The molecule has 0 saturated heterocycles. The quantitative estimate of drug-likeness (QED) is 0.655. The Balaban J connectivity index is 1.88. The van der Waals surface area contributed by atoms with Gasteiger partial charge in [-0.05, 0) is 12.1 Å². The van der Waals surface area contributed by atoms with E-state index in [4.69, 9.17) is 4.74 Å². The average Bonchev–Trinajstić information content (AvgIpc) is 2.63. The van der Waals surface area contributed by atoms with Crippen molar-refractivity contribution in [2.75, 3.05) is 0 Å². The van der Waals surface area contributed by atoms with Gasteiger partial charge in [-0.3, -0.25) is 4.79 Å². The Hall–Kier alpha value is -3.29. The third-order valence-electron chi connectivity index (χ3n) is 3.70. The Kier molecular flexibility index (Phi) is 4.92. The fourth-order valence-electron chi connectivity index (χ4n) is 2.50. The molecule has 0 spiro atoms. The number of aryl methyl sites for hydroxylation is 1. The van der Waals surface area contributed by atoms with Crippen molar-refractivity contribution in [2.24, 2.45) is 7.05 Å². The lowest BCUT2D eigenvalue weighted by Gasteiger charge is -2.11. The van der Waals surface area contributed by atoms with Gasteiger partial charge in [0.15, 0.2) is 5.69 Å². The van der Waals surface area contributed by atoms with E-state index >= 15 is 0 Å². The number of alkyl halides is 2. The van der Waals surface area contributed by atoms with E-state index in [1.807, 2.05) is 0 Å². The van der Waals surface area contributed by atoms with Crippen LogP contribution in [-0.4, -0.2) is 22.4 Å². The van der Waals surface area contributed by atoms with Gasteiger partial charge in [0, 0.05) is 18.0 Å². The molecule has 1 heterocycles. The summed E-state index contributed by atoms with van der Waals surface area (Å²) in [5.41, 5.74) is -0.0851. The summed E-state index contributed by atoms with van der Waals surface area (Å²) in [4.78, 5) is 24.5. The van der Waals surface area contributed by atoms with Crippen molar-refractivity contribution in [1.29, 1.82) is 0 Å². The molecular weight excluding hydrogens is 346 g/mol. The molecule has 0 radical (unpaired) electrons. The van der Waals surface area contributed by atoms with Crippen LogP contribution in [0.15, 0.2) is 53.3 Å². The molecule has 0 atom stereocenters. The van der Waals surface area contributed by atoms with Crippen LogP contribution >= 0.6 is 0 Å². The molecule has 26 heavy (non-hydrogen) atoms. The zero-order chi connectivity index (χ0) is 18.7. The molecule has 1 aromatic heterocycles. The van der Waals surface area contributed by atoms with E-state index in [0.29, 0.717) is 10.8 Å². The highest BCUT2D eigenvalue weighted by Crippen LogP contribution is 2.22. The number of fused-ring (bicyclic) bond motifs is 1. The van der Waals surface area contributed by atoms with Gasteiger partial charge in [-0.1, -0.05) is 36.4 Å². The maximum atomic E-state index is 12.4. The first-order valence-corrected chi connectivity index (χ1v) is 7.63. The van der Waals surface area contributed by atoms with Gasteiger partial charge in [-0.2, -0.15) is 13.9 Å². The molecule has 0 bridgehead atoms. The molecule has 2 aromatic carbocycles. The van der Waals surface area contributed by atoms with Crippen LogP contribution in [0, 0.1) is 0 Å². The maximum absolute atomic E-state index is 12.4. The predicted molar refractivity (Wildman–Crippen MR) is 89.2 cm³/mol. The largest absolute Gasteiger partial charge is 0.456 e. The predicted octanol–water partition coefficient (Wildman–Crippen LogP) is 2.89. The number of ether oxygens (including phenoxy) is 2. The van der Waals surface area contributed by atoms with Crippen LogP contribution in [0.5, 0.6) is 5.75 Å². The summed E-state index contributed by atoms with van der Waals surface area (Å²) in [7, 11) is 1.43. The minimum Gasteiger partial charge on any atom is -0.456 e. The third kappa shape index (κ3) is 3.53. The van der Waals surface area contributed by atoms with Gasteiger partial charge in [-0.15, -0.1) is 0 Å². The van der Waals surface area contributed by atoms with Crippen molar-refractivity contribution >= 4 is 16.7 Å². The second-order valence-electron chi connectivity index (χ2n) is 5.39. The lowest BCUT2D eigenvalue weighted by molar-refractivity contribution is -0.0510. The number of aromatic nitrogens is 2. The second-order valence-corrected chi connectivity index (χ2v) is 5.39. The van der Waals surface area contributed by atoms with Gasteiger partial charge < -0.3 is 9.47 Å². The molecule has 0 saturated carbocycles. The van der Waals surface area contributed by atoms with Gasteiger partial charge in [-0.25, -0.2) is 9.48 Å². The van der Waals surface area contributed by atoms with E-state index in [2.05, 4.69) is 9.84 Å². The number of nitrogens with zero attached hydrogens (tertiary/aromatic N) is 2. The number of hydrogen-bond donors (Lipinski definition) is 0. The van der Waals surface area contributed by atoms with Crippen molar-refractivity contribution in [3.05, 3.63) is 70.1 Å². The third-order valence-corrected chi connectivity index (χ3v) is 3.70. The van der Waals surface area contributed by atoms with E-state index in [1.54, 1.807) is 30.3 Å². The van der Waals surface area contributed by atoms with Gasteiger partial charge in [0.05, 0.1) is 5.39 Å². The number of esters is 1. The highest BCUT2D eigenvalue weighted by Gasteiger charge is 2.18. The molecule has 0 aliphatic rings. The lowest BCUT2D eigenvalue weighted by Crippen LogP contribution is -2.23. The smallest absolute Gasteiger partial charge is 0.387 e. The van der Waals surface area contributed by atoms with Gasteiger partial charge >= 0.3 is 12.6 Å². The molecule has 0 unspecified atom stereocenters. The molecule has 0 amide bonds. The maximum Gasteiger partial charge on any atom is 0.387 e. The molecule has 0 N–H and O–H groups in total. The molecule has 0 fully saturated rings. The standard InChI is InChI=1S/C18H14F2N2O4/c1-22-16(23)13-8-4-3-7-12(13)15(21-22)17(24)25-10-11-6-2-5-9-14(11)26-18(19)20/h2-9,18H,10H2,1H3. The zero-order valence-corrected chi connectivity index (χ0v) is 13.7. The Bertz CT molecular complexity index is 1020. The molecule has 0 aliphatic heterocycles. The van der Waals surface area contributed by atoms with Crippen LogP contribution in [0.4, 0.5) is 8.78 Å². The van der Waals surface area contributed by atoms with Crippen LogP contribution in [-0.2, 0) is 18.4 Å². The van der Waals surface area contributed by atoms with E-state index in [9.17, 15) is 18.4 Å². The molecule has 6 nitrogen and oxygen atoms in total. The zero-order valence-electron chi connectivity index (χ0n) is 13.7. The molecule has 3 aromatic rings. The first-order chi connectivity index (χ1) is 12.5. The normalized spacial score (nSPS) is 10.9. The average molecular weight is 360 g/mol. The fraction of sp³-hybridized carbons (Fsp3) is 0.167. The van der Waals surface area contributed by atoms with Crippen molar-refractivity contribution in [3.63, 3.8) is 0 Å². The Morgan fingerprint density at radius 3 is 2.50 bits per heavy atom. The van der Waals surface area contributed by atoms with Crippen molar-refractivity contribution < 1.29 is 23.0 Å². The summed E-state index contributed by atoms with van der Waals surface area (Å²) in [6.45, 7) is -3.26. The number of benzene rings is 2. The number of carbonyl (C=O) groups is 1. The van der Waals surface area contributed by atoms with E-state index in [-0.39, 0.29) is 29.2 Å². The minimum atomic E-state index is -2.99. The van der Waals surface area contributed by atoms with Crippen LogP contribution in [0.1, 0.15) is 16.1 Å². The van der Waals surface area contributed by atoms with E-state index in [0.717, 1.165) is 4.68 Å². The van der Waals surface area contributed by atoms with Gasteiger partial charge in [0.25, 0.3) is 5.56 Å². The summed E-state index contributed by atoms with van der Waals surface area (Å²) in [5.74, 6) is -0.850. The minimum absolute atomic E-state index is 0.0324. The molecule has 0 aliphatic carbocycles. The first-order valence-electron chi connectivity index (χ1n) is 7.63. The highest BCUT2D eigenvalue weighted by atomic mass is 19.3. The summed E-state index contributed by atoms with van der Waals surface area (Å²) in [6.07, 6.45) is 0. The Morgan fingerprint density at radius 1 is 1.12 bits per heavy atom. The van der Waals surface area contributed by atoms with Gasteiger partial charge in [0.1, 0.15) is 12.4 Å². The summed E-state index contributed by atoms with van der Waals surface area (Å²) < 4.78 is 35.5. The van der Waals surface area contributed by atoms with Crippen molar-refractivity contribution in [1.82, 2.24) is 9.78 Å². The first kappa shape index (κ1) is 17.5. The molecule has 8 heteroatoms. The fourth-order valence-corrected chi connectivity index (χ4v) is 2.50. The SMILES string of the molecule is Cn1nc(C(=O)OCc2ccccc2OC(F)F)c2ccccc2c1=O. The summed E-state index contributed by atoms with van der Waals surface area (Å²) in [5, 5.41) is 4.65. The number of hydrogen-bond acceptors (Lipinski definition) is 5. The molecule has 134 valence electrons. The number of halogens is 2. The second kappa shape index (κ2) is 7.30. The van der Waals surface area contributed by atoms with Crippen LogP contribution in [0.2, 0.25) is 0 Å². The number of rotatable bonds is 5. The van der Waals surface area contributed by atoms with Crippen LogP contribution in [0.3, 0.4) is 0 Å². The molecular formula is C18H14F2N2O4. The Morgan fingerprint density at radius 2 is 1.77 bits per heavy atom. The topological polar surface area (TPSA) is 70.4 Å². The number of carbonyl (C=O) groups excluding carboxylic acids is 1. The van der Waals surface area contributed by atoms with Crippen molar-refractivity contribution in [2.45, 2.75) is 13.2 Å². The summed E-state index contributed by atoms with van der Waals surface area (Å²) >= 11 is 0. The van der Waals surface area contributed by atoms with Crippen LogP contribution < -0.4 is 10.3 Å².